The molecule has 0 saturated carbocycles. The zero-order chi connectivity index (χ0) is 11.7. The fourth-order valence-corrected chi connectivity index (χ4v) is 3.69. The minimum absolute atomic E-state index is 0.738. The lowest BCUT2D eigenvalue weighted by molar-refractivity contribution is 0.768. The molecule has 3 aromatic rings. The highest BCUT2D eigenvalue weighted by molar-refractivity contribution is 8.00. The summed E-state index contributed by atoms with van der Waals surface area (Å²) in [5, 5.41) is 17.5. The van der Waals surface area contributed by atoms with Crippen LogP contribution in [0.1, 0.15) is 5.69 Å². The van der Waals surface area contributed by atoms with Gasteiger partial charge in [0, 0.05) is 11.1 Å². The third-order valence-corrected chi connectivity index (χ3v) is 4.77. The van der Waals surface area contributed by atoms with E-state index in [1.54, 1.807) is 27.4 Å². The normalized spacial score (nSPS) is 10.9. The van der Waals surface area contributed by atoms with Gasteiger partial charge in [-0.1, -0.05) is 0 Å². The molecule has 0 saturated heterocycles. The number of hydrogen-bond acceptors (Lipinski definition) is 7. The standard InChI is InChI=1S/C9H7N5S3/c1-6-5-16-9(10-6)17-8-11-12-13-14(8)7-3-2-4-15-7/h2-5H,1H3. The Kier molecular flexibility index (Phi) is 2.91. The van der Waals surface area contributed by atoms with Crippen LogP contribution < -0.4 is 0 Å². The molecule has 17 heavy (non-hydrogen) atoms. The van der Waals surface area contributed by atoms with Crippen LogP contribution >= 0.6 is 34.4 Å². The lowest BCUT2D eigenvalue weighted by atomic mass is 10.6. The summed E-state index contributed by atoms with van der Waals surface area (Å²) in [6.45, 7) is 1.98. The van der Waals surface area contributed by atoms with E-state index >= 15 is 0 Å². The lowest BCUT2D eigenvalue weighted by Crippen LogP contribution is -1.95. The van der Waals surface area contributed by atoms with E-state index in [1.165, 1.54) is 11.8 Å². The second-order valence-corrected chi connectivity index (χ2v) is 6.18. The third kappa shape index (κ3) is 2.24. The van der Waals surface area contributed by atoms with Gasteiger partial charge in [0.05, 0.1) is 0 Å². The molecule has 3 aromatic heterocycles. The van der Waals surface area contributed by atoms with Crippen molar-refractivity contribution in [1.29, 1.82) is 0 Å². The molecule has 0 unspecified atom stereocenters. The van der Waals surface area contributed by atoms with Crippen molar-refractivity contribution in [3.63, 3.8) is 0 Å². The van der Waals surface area contributed by atoms with Gasteiger partial charge in [-0.3, -0.25) is 0 Å². The molecule has 86 valence electrons. The highest BCUT2D eigenvalue weighted by Gasteiger charge is 2.12. The van der Waals surface area contributed by atoms with Crippen molar-refractivity contribution in [1.82, 2.24) is 25.2 Å². The minimum Gasteiger partial charge on any atom is -0.235 e. The summed E-state index contributed by atoms with van der Waals surface area (Å²) in [6, 6.07) is 3.96. The molecule has 0 amide bonds. The van der Waals surface area contributed by atoms with Crippen molar-refractivity contribution in [2.24, 2.45) is 0 Å². The first kappa shape index (κ1) is 10.9. The number of rotatable bonds is 3. The molecule has 0 N–H and O–H groups in total. The van der Waals surface area contributed by atoms with E-state index in [0.717, 1.165) is 20.2 Å². The zero-order valence-corrected chi connectivity index (χ0v) is 11.2. The largest absolute Gasteiger partial charge is 0.235 e. The zero-order valence-electron chi connectivity index (χ0n) is 8.77. The van der Waals surface area contributed by atoms with E-state index in [0.29, 0.717) is 0 Å². The number of aromatic nitrogens is 5. The predicted molar refractivity (Wildman–Crippen MR) is 68.0 cm³/mol. The van der Waals surface area contributed by atoms with Gasteiger partial charge in [0.1, 0.15) is 5.00 Å². The second-order valence-electron chi connectivity index (χ2n) is 3.18. The Hall–Kier alpha value is -1.25. The summed E-state index contributed by atoms with van der Waals surface area (Å²) in [6.07, 6.45) is 0. The number of thiazole rings is 1. The molecular formula is C9H7N5S3. The maximum absolute atomic E-state index is 4.38. The fourth-order valence-electron chi connectivity index (χ4n) is 1.23. The summed E-state index contributed by atoms with van der Waals surface area (Å²) in [7, 11) is 0. The van der Waals surface area contributed by atoms with Crippen molar-refractivity contribution in [2.45, 2.75) is 16.4 Å². The molecule has 3 heterocycles. The van der Waals surface area contributed by atoms with Crippen LogP contribution in [0.25, 0.3) is 5.00 Å². The van der Waals surface area contributed by atoms with Gasteiger partial charge in [0.2, 0.25) is 5.16 Å². The van der Waals surface area contributed by atoms with Crippen LogP contribution in [0.3, 0.4) is 0 Å². The van der Waals surface area contributed by atoms with Gasteiger partial charge >= 0.3 is 0 Å². The van der Waals surface area contributed by atoms with Crippen molar-refractivity contribution < 1.29 is 0 Å². The van der Waals surface area contributed by atoms with Crippen LogP contribution in [0.2, 0.25) is 0 Å². The molecule has 0 radical (unpaired) electrons. The molecule has 0 aliphatic rings. The van der Waals surface area contributed by atoms with Gasteiger partial charge in [0.25, 0.3) is 0 Å². The first-order chi connectivity index (χ1) is 8.33. The number of thiophene rings is 1. The Labute approximate surface area is 110 Å². The maximum atomic E-state index is 4.38. The van der Waals surface area contributed by atoms with Gasteiger partial charge in [-0.25, -0.2) is 4.98 Å². The third-order valence-electron chi connectivity index (χ3n) is 1.93. The van der Waals surface area contributed by atoms with Crippen molar-refractivity contribution in [3.05, 3.63) is 28.6 Å². The van der Waals surface area contributed by atoms with Gasteiger partial charge in [-0.15, -0.1) is 27.8 Å². The van der Waals surface area contributed by atoms with Gasteiger partial charge in [-0.2, -0.15) is 4.68 Å². The molecule has 0 aromatic carbocycles. The number of hydrogen-bond donors (Lipinski definition) is 0. The van der Waals surface area contributed by atoms with Crippen molar-refractivity contribution in [3.8, 4) is 5.00 Å². The average Bonchev–Trinajstić information content (AvgIpc) is 3.00. The van der Waals surface area contributed by atoms with Crippen LogP contribution in [0, 0.1) is 6.92 Å². The lowest BCUT2D eigenvalue weighted by Gasteiger charge is -1.97. The van der Waals surface area contributed by atoms with Crippen molar-refractivity contribution in [2.75, 3.05) is 0 Å². The van der Waals surface area contributed by atoms with E-state index in [2.05, 4.69) is 20.5 Å². The van der Waals surface area contributed by atoms with Crippen LogP contribution in [0.15, 0.2) is 32.4 Å². The monoisotopic (exact) mass is 281 g/mol. The molecule has 8 heteroatoms. The molecule has 0 atom stereocenters. The van der Waals surface area contributed by atoms with E-state index in [4.69, 9.17) is 0 Å². The van der Waals surface area contributed by atoms with Crippen LogP contribution in [0.4, 0.5) is 0 Å². The van der Waals surface area contributed by atoms with Crippen molar-refractivity contribution >= 4 is 34.4 Å². The molecule has 0 spiro atoms. The van der Waals surface area contributed by atoms with E-state index < -0.39 is 0 Å². The highest BCUT2D eigenvalue weighted by atomic mass is 32.2. The van der Waals surface area contributed by atoms with E-state index in [-0.39, 0.29) is 0 Å². The Bertz CT molecular complexity index is 612. The molecule has 0 bridgehead atoms. The molecular weight excluding hydrogens is 274 g/mol. The molecule has 0 aliphatic heterocycles. The quantitative estimate of drug-likeness (QED) is 0.738. The first-order valence-electron chi connectivity index (χ1n) is 4.75. The number of nitrogens with zero attached hydrogens (tertiary/aromatic N) is 5. The summed E-state index contributed by atoms with van der Waals surface area (Å²) in [5.74, 6) is 0. The first-order valence-corrected chi connectivity index (χ1v) is 7.33. The second kappa shape index (κ2) is 4.55. The number of tetrazole rings is 1. The smallest absolute Gasteiger partial charge is 0.221 e. The summed E-state index contributed by atoms with van der Waals surface area (Å²) >= 11 is 4.68. The number of aryl methyl sites for hydroxylation is 1. The fraction of sp³-hybridized carbons (Fsp3) is 0.111. The van der Waals surface area contributed by atoms with E-state index in [9.17, 15) is 0 Å². The molecule has 0 aliphatic carbocycles. The van der Waals surface area contributed by atoms with E-state index in [1.807, 2.05) is 29.8 Å². The predicted octanol–water partition coefficient (Wildman–Crippen LogP) is 2.64. The van der Waals surface area contributed by atoms with Crippen LogP contribution in [-0.4, -0.2) is 25.2 Å². The summed E-state index contributed by atoms with van der Waals surface area (Å²) < 4.78 is 2.68. The topological polar surface area (TPSA) is 56.5 Å². The SMILES string of the molecule is Cc1csc(Sc2nnnn2-c2cccs2)n1. The maximum Gasteiger partial charge on any atom is 0.221 e. The van der Waals surface area contributed by atoms with Crippen LogP contribution in [0.5, 0.6) is 0 Å². The minimum atomic E-state index is 0.738. The van der Waals surface area contributed by atoms with Gasteiger partial charge in [-0.05, 0) is 46.6 Å². The summed E-state index contributed by atoms with van der Waals surface area (Å²) in [5.41, 5.74) is 1.02. The molecule has 0 fully saturated rings. The Morgan fingerprint density at radius 1 is 1.35 bits per heavy atom. The highest BCUT2D eigenvalue weighted by Crippen LogP contribution is 2.30. The van der Waals surface area contributed by atoms with Gasteiger partial charge in [0.15, 0.2) is 4.34 Å². The molecule has 5 nitrogen and oxygen atoms in total. The Morgan fingerprint density at radius 2 is 2.29 bits per heavy atom. The Balaban J connectivity index is 1.92. The average molecular weight is 281 g/mol. The van der Waals surface area contributed by atoms with Crippen LogP contribution in [-0.2, 0) is 0 Å². The molecule has 3 rings (SSSR count). The summed E-state index contributed by atoms with van der Waals surface area (Å²) in [4.78, 5) is 4.38. The van der Waals surface area contributed by atoms with Gasteiger partial charge < -0.3 is 0 Å². The Morgan fingerprint density at radius 3 is 3.00 bits per heavy atom.